The van der Waals surface area contributed by atoms with Gasteiger partial charge in [0, 0.05) is 12.6 Å². The molecule has 3 aromatic rings. The number of ether oxygens (including phenoxy) is 3. The van der Waals surface area contributed by atoms with E-state index in [1.165, 1.54) is 12.1 Å². The fraction of sp³-hybridized carbons (Fsp3) is 0.304. The van der Waals surface area contributed by atoms with E-state index in [4.69, 9.17) is 18.7 Å². The molecule has 3 heterocycles. The highest BCUT2D eigenvalue weighted by Gasteiger charge is 2.31. The molecule has 1 atom stereocenters. The first-order chi connectivity index (χ1) is 16.5. The Balaban J connectivity index is 1.42. The average Bonchev–Trinajstić information content (AvgIpc) is 3.29. The summed E-state index contributed by atoms with van der Waals surface area (Å²) >= 11 is 0. The fourth-order valence-electron chi connectivity index (χ4n) is 3.94. The number of carbonyl (C=O) groups excluding carboxylic acids is 2. The van der Waals surface area contributed by atoms with Crippen molar-refractivity contribution in [1.82, 2.24) is 10.1 Å². The molecule has 2 aromatic carbocycles. The summed E-state index contributed by atoms with van der Waals surface area (Å²) in [7, 11) is 0. The smallest absolute Gasteiger partial charge is 0.379 e. The second-order valence-electron chi connectivity index (χ2n) is 7.81. The van der Waals surface area contributed by atoms with Crippen LogP contribution >= 0.6 is 0 Å². The van der Waals surface area contributed by atoms with Gasteiger partial charge in [0.2, 0.25) is 5.89 Å². The van der Waals surface area contributed by atoms with Crippen molar-refractivity contribution in [2.75, 3.05) is 30.0 Å². The van der Waals surface area contributed by atoms with Crippen LogP contribution in [-0.2, 0) is 22.5 Å². The maximum Gasteiger partial charge on any atom is 0.379 e. The van der Waals surface area contributed by atoms with Crippen molar-refractivity contribution < 1.29 is 32.7 Å². The Morgan fingerprint density at radius 3 is 2.97 bits per heavy atom. The van der Waals surface area contributed by atoms with Gasteiger partial charge in [-0.15, -0.1) is 0 Å². The average molecular weight is 468 g/mol. The molecule has 0 saturated carbocycles. The largest absolute Gasteiger partial charge is 0.489 e. The summed E-state index contributed by atoms with van der Waals surface area (Å²) in [6, 6.07) is 9.64. The molecule has 0 unspecified atom stereocenters. The number of carbonyl (C=O) groups is 2. The van der Waals surface area contributed by atoms with E-state index in [0.717, 1.165) is 5.56 Å². The summed E-state index contributed by atoms with van der Waals surface area (Å²) in [5.74, 6) is -0.157. The van der Waals surface area contributed by atoms with E-state index in [0.29, 0.717) is 29.4 Å². The highest BCUT2D eigenvalue weighted by molar-refractivity contribution is 5.95. The van der Waals surface area contributed by atoms with Gasteiger partial charge in [0.25, 0.3) is 11.7 Å². The molecular weight excluding hydrogens is 447 g/mol. The number of rotatable bonds is 6. The summed E-state index contributed by atoms with van der Waals surface area (Å²) in [5, 5.41) is 6.50. The standard InChI is InChI=1S/C23H21FN4O6/c1-2-31-23(30)22-26-21(34-27-22)9-15-11-32-19-8-14(24)4-5-17(19)28(15)10-13-3-6-18-16(7-13)25-20(29)12-33-18/h3-8,15H,2,9-12H2,1H3,(H,25,29)/t15-/m0/s1. The Hall–Kier alpha value is -4.15. The summed E-state index contributed by atoms with van der Waals surface area (Å²) < 4.78 is 35.2. The van der Waals surface area contributed by atoms with E-state index < -0.39 is 11.8 Å². The third-order valence-electron chi connectivity index (χ3n) is 5.47. The Morgan fingerprint density at radius 2 is 2.12 bits per heavy atom. The highest BCUT2D eigenvalue weighted by atomic mass is 19.1. The van der Waals surface area contributed by atoms with Crippen molar-refractivity contribution in [2.24, 2.45) is 0 Å². The molecule has 1 aromatic heterocycles. The molecule has 0 radical (unpaired) electrons. The third kappa shape index (κ3) is 4.36. The Morgan fingerprint density at radius 1 is 1.24 bits per heavy atom. The van der Waals surface area contributed by atoms with Gasteiger partial charge in [-0.2, -0.15) is 4.98 Å². The Bertz CT molecular complexity index is 1250. The lowest BCUT2D eigenvalue weighted by atomic mass is 10.1. The van der Waals surface area contributed by atoms with Crippen LogP contribution in [0.25, 0.3) is 0 Å². The second-order valence-corrected chi connectivity index (χ2v) is 7.81. The van der Waals surface area contributed by atoms with Crippen molar-refractivity contribution in [2.45, 2.75) is 25.9 Å². The summed E-state index contributed by atoms with van der Waals surface area (Å²) in [5.41, 5.74) is 2.18. The quantitative estimate of drug-likeness (QED) is 0.545. The van der Waals surface area contributed by atoms with Crippen LogP contribution in [0.3, 0.4) is 0 Å². The summed E-state index contributed by atoms with van der Waals surface area (Å²) in [4.78, 5) is 29.8. The molecule has 0 spiro atoms. The second kappa shape index (κ2) is 9.00. The molecular formula is C23H21FN4O6. The van der Waals surface area contributed by atoms with Crippen LogP contribution in [-0.4, -0.2) is 47.9 Å². The molecule has 34 heavy (non-hydrogen) atoms. The Labute approximate surface area is 193 Å². The fourth-order valence-corrected chi connectivity index (χ4v) is 3.94. The normalized spacial score (nSPS) is 16.6. The van der Waals surface area contributed by atoms with Gasteiger partial charge in [0.1, 0.15) is 23.9 Å². The molecule has 0 fully saturated rings. The van der Waals surface area contributed by atoms with Gasteiger partial charge in [0.15, 0.2) is 6.61 Å². The maximum atomic E-state index is 13.8. The molecule has 0 bridgehead atoms. The molecule has 11 heteroatoms. The van der Waals surface area contributed by atoms with Crippen molar-refractivity contribution in [3.63, 3.8) is 0 Å². The van der Waals surface area contributed by atoms with Crippen LogP contribution in [0.5, 0.6) is 11.5 Å². The molecule has 176 valence electrons. The van der Waals surface area contributed by atoms with Crippen LogP contribution in [0.4, 0.5) is 15.8 Å². The predicted octanol–water partition coefficient (Wildman–Crippen LogP) is 2.73. The van der Waals surface area contributed by atoms with Gasteiger partial charge in [-0.25, -0.2) is 9.18 Å². The number of amides is 1. The zero-order valence-electron chi connectivity index (χ0n) is 18.2. The molecule has 2 aliphatic heterocycles. The van der Waals surface area contributed by atoms with E-state index in [2.05, 4.69) is 15.5 Å². The predicted molar refractivity (Wildman–Crippen MR) is 116 cm³/mol. The van der Waals surface area contributed by atoms with Crippen molar-refractivity contribution in [1.29, 1.82) is 0 Å². The molecule has 5 rings (SSSR count). The Kier molecular flexibility index (Phi) is 5.74. The summed E-state index contributed by atoms with van der Waals surface area (Å²) in [6.07, 6.45) is 0.286. The zero-order valence-corrected chi connectivity index (χ0v) is 18.2. The minimum absolute atomic E-state index is 0.0191. The van der Waals surface area contributed by atoms with Gasteiger partial charge >= 0.3 is 5.97 Å². The van der Waals surface area contributed by atoms with E-state index in [-0.39, 0.29) is 49.9 Å². The number of nitrogens with one attached hydrogen (secondary N) is 1. The van der Waals surface area contributed by atoms with Crippen LogP contribution in [0, 0.1) is 5.82 Å². The molecule has 1 N–H and O–H groups in total. The van der Waals surface area contributed by atoms with Gasteiger partial charge in [0.05, 0.1) is 30.4 Å². The minimum Gasteiger partial charge on any atom is -0.489 e. The third-order valence-corrected chi connectivity index (χ3v) is 5.47. The van der Waals surface area contributed by atoms with Gasteiger partial charge < -0.3 is 29.0 Å². The number of halogens is 1. The maximum absolute atomic E-state index is 13.8. The number of hydrogen-bond acceptors (Lipinski definition) is 9. The number of esters is 1. The van der Waals surface area contributed by atoms with Crippen molar-refractivity contribution in [3.05, 3.63) is 59.5 Å². The minimum atomic E-state index is -0.659. The van der Waals surface area contributed by atoms with Gasteiger partial charge in [-0.3, -0.25) is 4.79 Å². The van der Waals surface area contributed by atoms with Crippen molar-refractivity contribution >= 4 is 23.3 Å². The van der Waals surface area contributed by atoms with E-state index in [1.807, 2.05) is 17.0 Å². The highest BCUT2D eigenvalue weighted by Crippen LogP contribution is 2.37. The van der Waals surface area contributed by atoms with Crippen molar-refractivity contribution in [3.8, 4) is 11.5 Å². The van der Waals surface area contributed by atoms with E-state index >= 15 is 0 Å². The first-order valence-electron chi connectivity index (χ1n) is 10.7. The van der Waals surface area contributed by atoms with Crippen LogP contribution in [0.1, 0.15) is 29.0 Å². The van der Waals surface area contributed by atoms with Crippen LogP contribution in [0.15, 0.2) is 40.9 Å². The summed E-state index contributed by atoms with van der Waals surface area (Å²) in [6.45, 7) is 2.53. The number of fused-ring (bicyclic) bond motifs is 2. The monoisotopic (exact) mass is 468 g/mol. The first kappa shape index (κ1) is 21.7. The first-order valence-corrected chi connectivity index (χ1v) is 10.7. The zero-order chi connectivity index (χ0) is 23.7. The number of nitrogens with zero attached hydrogens (tertiary/aromatic N) is 3. The van der Waals surface area contributed by atoms with Crippen LogP contribution in [0.2, 0.25) is 0 Å². The molecule has 2 aliphatic rings. The topological polar surface area (TPSA) is 116 Å². The lowest BCUT2D eigenvalue weighted by molar-refractivity contribution is -0.118. The van der Waals surface area contributed by atoms with Gasteiger partial charge in [-0.1, -0.05) is 6.07 Å². The van der Waals surface area contributed by atoms with E-state index in [9.17, 15) is 14.0 Å². The molecule has 0 aliphatic carbocycles. The molecule has 10 nitrogen and oxygen atoms in total. The SMILES string of the molecule is CCOC(=O)c1noc(C[C@H]2COc3cc(F)ccc3N2Cc2ccc3c(c2)NC(=O)CO3)n1. The number of benzene rings is 2. The molecule has 1 amide bonds. The lowest BCUT2D eigenvalue weighted by Gasteiger charge is -2.38. The molecule has 0 saturated heterocycles. The number of hydrogen-bond donors (Lipinski definition) is 1. The number of anilines is 2. The van der Waals surface area contributed by atoms with Gasteiger partial charge in [-0.05, 0) is 41.9 Å². The number of aromatic nitrogens is 2. The van der Waals surface area contributed by atoms with E-state index in [1.54, 1.807) is 19.1 Å². The lowest BCUT2D eigenvalue weighted by Crippen LogP contribution is -2.44. The van der Waals surface area contributed by atoms with Crippen LogP contribution < -0.4 is 19.7 Å².